The predicted octanol–water partition coefficient (Wildman–Crippen LogP) is 2.92. The SMILES string of the molecule is CCC(NC)c1cccc(S(=O)(=O)N2CCCC2CC)c1. The van der Waals surface area contributed by atoms with Crippen molar-refractivity contribution in [1.29, 1.82) is 0 Å². The third-order valence-corrected chi connectivity index (χ3v) is 6.37. The largest absolute Gasteiger partial charge is 0.313 e. The van der Waals surface area contributed by atoms with Gasteiger partial charge in [0, 0.05) is 18.6 Å². The second-order valence-corrected chi connectivity index (χ2v) is 7.53. The highest BCUT2D eigenvalue weighted by atomic mass is 32.2. The molecule has 1 aromatic rings. The zero-order valence-electron chi connectivity index (χ0n) is 13.2. The van der Waals surface area contributed by atoms with Crippen LogP contribution in [-0.2, 0) is 10.0 Å². The molecule has 2 atom stereocenters. The van der Waals surface area contributed by atoms with Crippen molar-refractivity contribution in [3.05, 3.63) is 29.8 Å². The van der Waals surface area contributed by atoms with Gasteiger partial charge in [0.05, 0.1) is 4.90 Å². The van der Waals surface area contributed by atoms with Gasteiger partial charge < -0.3 is 5.32 Å². The highest BCUT2D eigenvalue weighted by Gasteiger charge is 2.34. The highest BCUT2D eigenvalue weighted by Crippen LogP contribution is 2.29. The fourth-order valence-electron chi connectivity index (χ4n) is 3.17. The first-order valence-corrected chi connectivity index (χ1v) is 9.27. The summed E-state index contributed by atoms with van der Waals surface area (Å²) in [6.07, 6.45) is 3.75. The molecule has 1 fully saturated rings. The molecule has 0 aliphatic carbocycles. The van der Waals surface area contributed by atoms with Crippen LogP contribution < -0.4 is 5.32 Å². The van der Waals surface area contributed by atoms with E-state index in [1.807, 2.05) is 25.2 Å². The normalized spacial score (nSPS) is 21.6. The summed E-state index contributed by atoms with van der Waals surface area (Å²) in [5.41, 5.74) is 1.04. The van der Waals surface area contributed by atoms with Gasteiger partial charge in [-0.15, -0.1) is 0 Å². The maximum atomic E-state index is 12.9. The average molecular weight is 310 g/mol. The van der Waals surface area contributed by atoms with Crippen molar-refractivity contribution in [3.63, 3.8) is 0 Å². The number of benzene rings is 1. The molecule has 0 radical (unpaired) electrons. The summed E-state index contributed by atoms with van der Waals surface area (Å²) in [5, 5.41) is 3.23. The Labute approximate surface area is 128 Å². The first-order valence-electron chi connectivity index (χ1n) is 7.83. The third kappa shape index (κ3) is 3.30. The van der Waals surface area contributed by atoms with Crippen LogP contribution in [0.25, 0.3) is 0 Å². The topological polar surface area (TPSA) is 49.4 Å². The van der Waals surface area contributed by atoms with E-state index in [4.69, 9.17) is 0 Å². The van der Waals surface area contributed by atoms with Crippen LogP contribution in [0.3, 0.4) is 0 Å². The molecule has 2 rings (SSSR count). The van der Waals surface area contributed by atoms with Gasteiger partial charge in [-0.1, -0.05) is 26.0 Å². The van der Waals surface area contributed by atoms with E-state index in [9.17, 15) is 8.42 Å². The van der Waals surface area contributed by atoms with Gasteiger partial charge >= 0.3 is 0 Å². The van der Waals surface area contributed by atoms with E-state index in [0.29, 0.717) is 11.4 Å². The fourth-order valence-corrected chi connectivity index (χ4v) is 4.99. The monoisotopic (exact) mass is 310 g/mol. The molecule has 118 valence electrons. The molecule has 5 heteroatoms. The van der Waals surface area contributed by atoms with Gasteiger partial charge in [0.15, 0.2) is 0 Å². The van der Waals surface area contributed by atoms with Crippen LogP contribution >= 0.6 is 0 Å². The van der Waals surface area contributed by atoms with Crippen molar-refractivity contribution < 1.29 is 8.42 Å². The second-order valence-electron chi connectivity index (χ2n) is 5.64. The first kappa shape index (κ1) is 16.5. The zero-order valence-corrected chi connectivity index (χ0v) is 14.0. The van der Waals surface area contributed by atoms with Crippen molar-refractivity contribution in [2.24, 2.45) is 0 Å². The lowest BCUT2D eigenvalue weighted by Gasteiger charge is -2.24. The molecule has 1 aliphatic rings. The Morgan fingerprint density at radius 3 is 2.76 bits per heavy atom. The Morgan fingerprint density at radius 1 is 1.38 bits per heavy atom. The first-order chi connectivity index (χ1) is 10.0. The number of hydrogen-bond acceptors (Lipinski definition) is 3. The Balaban J connectivity index is 2.34. The molecule has 4 nitrogen and oxygen atoms in total. The number of rotatable bonds is 6. The van der Waals surface area contributed by atoms with E-state index >= 15 is 0 Å². The van der Waals surface area contributed by atoms with Crippen LogP contribution in [0.1, 0.15) is 51.1 Å². The quantitative estimate of drug-likeness (QED) is 0.879. The summed E-state index contributed by atoms with van der Waals surface area (Å²) in [6.45, 7) is 4.80. The zero-order chi connectivity index (χ0) is 15.5. The Bertz CT molecular complexity index is 567. The molecule has 0 aromatic heterocycles. The van der Waals surface area contributed by atoms with Gasteiger partial charge in [-0.2, -0.15) is 4.31 Å². The van der Waals surface area contributed by atoms with Crippen molar-refractivity contribution in [2.75, 3.05) is 13.6 Å². The number of sulfonamides is 1. The van der Waals surface area contributed by atoms with Crippen LogP contribution in [0.15, 0.2) is 29.2 Å². The Kier molecular flexibility index (Phi) is 5.41. The Hall–Kier alpha value is -0.910. The van der Waals surface area contributed by atoms with Crippen molar-refractivity contribution in [3.8, 4) is 0 Å². The van der Waals surface area contributed by atoms with Gasteiger partial charge in [-0.05, 0) is 50.4 Å². The van der Waals surface area contributed by atoms with Crippen LogP contribution in [0.2, 0.25) is 0 Å². The minimum Gasteiger partial charge on any atom is -0.313 e. The average Bonchev–Trinajstić information content (AvgIpc) is 2.98. The van der Waals surface area contributed by atoms with E-state index in [1.165, 1.54) is 0 Å². The molecular formula is C16H26N2O2S. The molecule has 1 heterocycles. The van der Waals surface area contributed by atoms with Crippen LogP contribution in [-0.4, -0.2) is 32.4 Å². The molecule has 2 unspecified atom stereocenters. The maximum Gasteiger partial charge on any atom is 0.243 e. The second kappa shape index (κ2) is 6.90. The standard InChI is InChI=1S/C16H26N2O2S/c1-4-14-9-7-11-18(14)21(19,20)15-10-6-8-13(12-15)16(5-2)17-3/h6,8,10,12,14,16-17H,4-5,7,9,11H2,1-3H3. The van der Waals surface area contributed by atoms with Gasteiger partial charge in [0.25, 0.3) is 0 Å². The van der Waals surface area contributed by atoms with Crippen molar-refractivity contribution in [1.82, 2.24) is 9.62 Å². The van der Waals surface area contributed by atoms with Crippen molar-refractivity contribution in [2.45, 2.75) is 56.5 Å². The van der Waals surface area contributed by atoms with E-state index in [-0.39, 0.29) is 12.1 Å². The minimum absolute atomic E-state index is 0.157. The Morgan fingerprint density at radius 2 is 2.14 bits per heavy atom. The number of nitrogens with one attached hydrogen (secondary N) is 1. The third-order valence-electron chi connectivity index (χ3n) is 4.42. The van der Waals surface area contributed by atoms with Crippen LogP contribution in [0.4, 0.5) is 0 Å². The molecule has 0 spiro atoms. The summed E-state index contributed by atoms with van der Waals surface area (Å²) in [4.78, 5) is 0.425. The lowest BCUT2D eigenvalue weighted by Crippen LogP contribution is -2.35. The highest BCUT2D eigenvalue weighted by molar-refractivity contribution is 7.89. The maximum absolute atomic E-state index is 12.9. The lowest BCUT2D eigenvalue weighted by atomic mass is 10.1. The fraction of sp³-hybridized carbons (Fsp3) is 0.625. The molecular weight excluding hydrogens is 284 g/mol. The molecule has 1 N–H and O–H groups in total. The van der Waals surface area contributed by atoms with Gasteiger partial charge in [0.2, 0.25) is 10.0 Å². The van der Waals surface area contributed by atoms with Crippen molar-refractivity contribution >= 4 is 10.0 Å². The summed E-state index contributed by atoms with van der Waals surface area (Å²) in [6, 6.07) is 7.73. The number of hydrogen-bond donors (Lipinski definition) is 1. The van der Waals surface area contributed by atoms with E-state index in [1.54, 1.807) is 10.4 Å². The molecule has 0 bridgehead atoms. The molecule has 0 saturated carbocycles. The summed E-state index contributed by atoms with van der Waals surface area (Å²) < 4.78 is 27.4. The van der Waals surface area contributed by atoms with Gasteiger partial charge in [-0.25, -0.2) is 8.42 Å². The summed E-state index contributed by atoms with van der Waals surface area (Å²) in [5.74, 6) is 0. The molecule has 1 saturated heterocycles. The van der Waals surface area contributed by atoms with E-state index < -0.39 is 10.0 Å². The minimum atomic E-state index is -3.37. The van der Waals surface area contributed by atoms with Crippen LogP contribution in [0, 0.1) is 0 Å². The molecule has 1 aromatic carbocycles. The van der Waals surface area contributed by atoms with Crippen LogP contribution in [0.5, 0.6) is 0 Å². The van der Waals surface area contributed by atoms with Gasteiger partial charge in [-0.3, -0.25) is 0 Å². The van der Waals surface area contributed by atoms with E-state index in [0.717, 1.165) is 31.2 Å². The lowest BCUT2D eigenvalue weighted by molar-refractivity contribution is 0.379. The smallest absolute Gasteiger partial charge is 0.243 e. The van der Waals surface area contributed by atoms with E-state index in [2.05, 4.69) is 19.2 Å². The summed E-state index contributed by atoms with van der Waals surface area (Å²) in [7, 11) is -1.46. The molecule has 0 amide bonds. The number of nitrogens with zero attached hydrogens (tertiary/aromatic N) is 1. The predicted molar refractivity (Wildman–Crippen MR) is 85.7 cm³/mol. The summed E-state index contributed by atoms with van der Waals surface area (Å²) >= 11 is 0. The molecule has 21 heavy (non-hydrogen) atoms. The molecule has 1 aliphatic heterocycles. The van der Waals surface area contributed by atoms with Gasteiger partial charge in [0.1, 0.15) is 0 Å².